The molecule has 0 atom stereocenters. The van der Waals surface area contributed by atoms with Crippen molar-refractivity contribution < 1.29 is 27.1 Å². The lowest BCUT2D eigenvalue weighted by molar-refractivity contribution is 0.0931. The van der Waals surface area contributed by atoms with Crippen molar-refractivity contribution in [1.29, 1.82) is 0 Å². The normalized spacial score (nSPS) is 15.7. The van der Waals surface area contributed by atoms with Gasteiger partial charge in [-0.3, -0.25) is 4.79 Å². The van der Waals surface area contributed by atoms with Gasteiger partial charge in [0.05, 0.1) is 11.5 Å². The minimum absolute atomic E-state index is 0.0634. The highest BCUT2D eigenvalue weighted by atomic mass is 32.2. The van der Waals surface area contributed by atoms with E-state index in [0.717, 1.165) is 0 Å². The minimum Gasteiger partial charge on any atom is -0.489 e. The van der Waals surface area contributed by atoms with Crippen LogP contribution in [0.25, 0.3) is 0 Å². The van der Waals surface area contributed by atoms with Crippen LogP contribution in [0.4, 0.5) is 0 Å². The van der Waals surface area contributed by atoms with Crippen LogP contribution >= 0.6 is 0 Å². The van der Waals surface area contributed by atoms with E-state index < -0.39 is 21.2 Å². The molecule has 0 unspecified atom stereocenters. The molecule has 0 bridgehead atoms. The summed E-state index contributed by atoms with van der Waals surface area (Å²) in [5.74, 6) is -0.209. The minimum atomic E-state index is -3.77. The molecule has 1 N–H and O–H groups in total. The molecule has 1 aliphatic heterocycles. The van der Waals surface area contributed by atoms with Crippen LogP contribution in [0.1, 0.15) is 29.0 Å². The number of hydrogen-bond donors (Lipinski definition) is 1. The highest BCUT2D eigenvalue weighted by Gasteiger charge is 2.31. The molecule has 0 aliphatic carbocycles. The zero-order valence-electron chi connectivity index (χ0n) is 13.5. The second-order valence-electron chi connectivity index (χ2n) is 5.66. The number of amides is 1. The van der Waals surface area contributed by atoms with E-state index in [2.05, 4.69) is 4.72 Å². The maximum atomic E-state index is 12.3. The molecule has 1 aromatic heterocycles. The molecule has 7 nitrogen and oxygen atoms in total. The van der Waals surface area contributed by atoms with Crippen molar-refractivity contribution in [2.24, 2.45) is 0 Å². The van der Waals surface area contributed by atoms with E-state index in [1.165, 1.54) is 6.26 Å². The monoisotopic (exact) mass is 365 g/mol. The van der Waals surface area contributed by atoms with Gasteiger partial charge in [0, 0.05) is 18.8 Å². The van der Waals surface area contributed by atoms with Crippen molar-refractivity contribution in [3.05, 3.63) is 54.0 Å². The lowest BCUT2D eigenvalue weighted by atomic mass is 10.2. The second kappa shape index (κ2) is 7.71. The topological polar surface area (TPSA) is 94.8 Å². The Hall–Kier alpha value is -2.32. The summed E-state index contributed by atoms with van der Waals surface area (Å²) in [7, 11) is -3.77. The largest absolute Gasteiger partial charge is 0.489 e. The van der Waals surface area contributed by atoms with Crippen LogP contribution in [0, 0.1) is 0 Å². The van der Waals surface area contributed by atoms with Gasteiger partial charge in [-0.1, -0.05) is 18.2 Å². The Morgan fingerprint density at radius 2 is 1.88 bits per heavy atom. The fourth-order valence-corrected chi connectivity index (χ4v) is 3.90. The molecule has 1 amide bonds. The van der Waals surface area contributed by atoms with Crippen molar-refractivity contribution in [2.45, 2.75) is 24.7 Å². The Morgan fingerprint density at radius 1 is 1.16 bits per heavy atom. The van der Waals surface area contributed by atoms with Crippen LogP contribution in [0.3, 0.4) is 0 Å². The van der Waals surface area contributed by atoms with Crippen molar-refractivity contribution in [3.63, 3.8) is 0 Å². The number of carbonyl (C=O) groups excluding carboxylic acids is 1. The number of sulfonamides is 1. The van der Waals surface area contributed by atoms with Crippen LogP contribution < -0.4 is 9.46 Å². The molecule has 8 heteroatoms. The lowest BCUT2D eigenvalue weighted by Gasteiger charge is -2.22. The third-order valence-electron chi connectivity index (χ3n) is 3.93. The van der Waals surface area contributed by atoms with Crippen LogP contribution in [-0.4, -0.2) is 32.8 Å². The van der Waals surface area contributed by atoms with E-state index in [0.29, 0.717) is 37.4 Å². The van der Waals surface area contributed by atoms with Gasteiger partial charge < -0.3 is 13.9 Å². The van der Waals surface area contributed by atoms with Crippen molar-refractivity contribution in [1.82, 2.24) is 4.72 Å². The fourth-order valence-electron chi connectivity index (χ4n) is 2.57. The first kappa shape index (κ1) is 17.5. The molecule has 1 aliphatic rings. The molecule has 1 fully saturated rings. The number of furan rings is 1. The Labute approximate surface area is 146 Å². The number of nitrogens with one attached hydrogen (secondary N) is 1. The Bertz CT molecular complexity index is 809. The van der Waals surface area contributed by atoms with Crippen molar-refractivity contribution >= 4 is 15.9 Å². The average Bonchev–Trinajstić information content (AvgIpc) is 3.10. The summed E-state index contributed by atoms with van der Waals surface area (Å²) in [5.41, 5.74) is 0.475. The maximum Gasteiger partial charge on any atom is 0.300 e. The number of rotatable bonds is 6. The molecular formula is C17H19NO6S. The summed E-state index contributed by atoms with van der Waals surface area (Å²) >= 11 is 0. The van der Waals surface area contributed by atoms with E-state index in [1.807, 2.05) is 18.2 Å². The summed E-state index contributed by atoms with van der Waals surface area (Å²) < 4.78 is 42.6. The number of ether oxygens (including phenoxy) is 2. The third-order valence-corrected chi connectivity index (χ3v) is 5.75. The van der Waals surface area contributed by atoms with Crippen molar-refractivity contribution in [3.8, 4) is 5.75 Å². The SMILES string of the molecule is O=C(NS(=O)(=O)C1CCOCC1)c1occc1COc1ccccc1. The van der Waals surface area contributed by atoms with Crippen molar-refractivity contribution in [2.75, 3.05) is 13.2 Å². The number of carbonyl (C=O) groups is 1. The van der Waals surface area contributed by atoms with E-state index in [9.17, 15) is 13.2 Å². The summed E-state index contributed by atoms with van der Waals surface area (Å²) in [6.07, 6.45) is 2.06. The van der Waals surface area contributed by atoms with E-state index in [-0.39, 0.29) is 12.4 Å². The van der Waals surface area contributed by atoms with Gasteiger partial charge in [-0.25, -0.2) is 13.1 Å². The molecule has 3 rings (SSSR count). The standard InChI is InChI=1S/C17H19NO6S/c19-17(18-25(20,21)15-7-9-22-10-8-15)16-13(6-11-23-16)12-24-14-4-2-1-3-5-14/h1-6,11,15H,7-10,12H2,(H,18,19). The molecule has 2 aromatic rings. The summed E-state index contributed by atoms with van der Waals surface area (Å²) in [4.78, 5) is 12.3. The Kier molecular flexibility index (Phi) is 5.40. The second-order valence-corrected chi connectivity index (χ2v) is 7.63. The first-order valence-corrected chi connectivity index (χ1v) is 9.49. The predicted octanol–water partition coefficient (Wildman–Crippen LogP) is 2.10. The van der Waals surface area contributed by atoms with Gasteiger partial charge in [0.15, 0.2) is 5.76 Å². The zero-order valence-corrected chi connectivity index (χ0v) is 14.3. The highest BCUT2D eigenvalue weighted by Crippen LogP contribution is 2.18. The summed E-state index contributed by atoms with van der Waals surface area (Å²) in [6.45, 7) is 0.841. The van der Waals surface area contributed by atoms with Crippen LogP contribution in [0.15, 0.2) is 47.1 Å². The quantitative estimate of drug-likeness (QED) is 0.842. The van der Waals surface area contributed by atoms with Gasteiger partial charge in [0.2, 0.25) is 10.0 Å². The van der Waals surface area contributed by atoms with Crippen LogP contribution in [0.2, 0.25) is 0 Å². The van der Waals surface area contributed by atoms with Gasteiger partial charge in [-0.05, 0) is 31.0 Å². The molecule has 2 heterocycles. The predicted molar refractivity (Wildman–Crippen MR) is 89.7 cm³/mol. The van der Waals surface area contributed by atoms with Gasteiger partial charge in [-0.2, -0.15) is 0 Å². The van der Waals surface area contributed by atoms with Gasteiger partial charge in [0.1, 0.15) is 12.4 Å². The highest BCUT2D eigenvalue weighted by molar-refractivity contribution is 7.90. The zero-order chi connectivity index (χ0) is 17.7. The molecule has 0 saturated carbocycles. The van der Waals surface area contributed by atoms with E-state index in [1.54, 1.807) is 18.2 Å². The molecular weight excluding hydrogens is 346 g/mol. The molecule has 1 saturated heterocycles. The first-order chi connectivity index (χ1) is 12.1. The molecule has 1 aromatic carbocycles. The van der Waals surface area contributed by atoms with Gasteiger partial charge in [0.25, 0.3) is 0 Å². The van der Waals surface area contributed by atoms with E-state index in [4.69, 9.17) is 13.9 Å². The van der Waals surface area contributed by atoms with Gasteiger partial charge >= 0.3 is 5.91 Å². The molecule has 0 radical (unpaired) electrons. The number of para-hydroxylation sites is 1. The van der Waals surface area contributed by atoms with Crippen LogP contribution in [0.5, 0.6) is 5.75 Å². The number of benzene rings is 1. The maximum absolute atomic E-state index is 12.3. The van der Waals surface area contributed by atoms with Crippen LogP contribution in [-0.2, 0) is 21.4 Å². The summed E-state index contributed by atoms with van der Waals surface area (Å²) in [6, 6.07) is 10.7. The first-order valence-electron chi connectivity index (χ1n) is 7.94. The summed E-state index contributed by atoms with van der Waals surface area (Å²) in [5, 5.41) is -0.635. The molecule has 25 heavy (non-hydrogen) atoms. The fraction of sp³-hybridized carbons (Fsp3) is 0.353. The van der Waals surface area contributed by atoms with Gasteiger partial charge in [-0.15, -0.1) is 0 Å². The molecule has 134 valence electrons. The molecule has 0 spiro atoms. The van der Waals surface area contributed by atoms with E-state index >= 15 is 0 Å². The Balaban J connectivity index is 1.65. The lowest BCUT2D eigenvalue weighted by Crippen LogP contribution is -2.41. The third kappa shape index (κ3) is 4.40. The number of hydrogen-bond acceptors (Lipinski definition) is 6. The Morgan fingerprint density at radius 3 is 2.60 bits per heavy atom. The smallest absolute Gasteiger partial charge is 0.300 e. The average molecular weight is 365 g/mol.